The van der Waals surface area contributed by atoms with Crippen LogP contribution in [0.5, 0.6) is 0 Å². The lowest BCUT2D eigenvalue weighted by Gasteiger charge is -2.24. The van der Waals surface area contributed by atoms with Crippen molar-refractivity contribution in [3.63, 3.8) is 0 Å². The van der Waals surface area contributed by atoms with E-state index in [2.05, 4.69) is 0 Å². The molecule has 0 radical (unpaired) electrons. The van der Waals surface area contributed by atoms with Crippen LogP contribution in [0.3, 0.4) is 0 Å². The third-order valence-electron chi connectivity index (χ3n) is 2.47. The van der Waals surface area contributed by atoms with Crippen molar-refractivity contribution in [3.8, 4) is 0 Å². The minimum absolute atomic E-state index is 0.155. The molecule has 0 bridgehead atoms. The molecule has 1 atom stereocenters. The number of amides is 1. The zero-order chi connectivity index (χ0) is 13.5. The summed E-state index contributed by atoms with van der Waals surface area (Å²) in [5.41, 5.74) is 0.623. The van der Waals surface area contributed by atoms with Gasteiger partial charge in [-0.25, -0.2) is 0 Å². The first-order valence-corrected chi connectivity index (χ1v) is 7.02. The van der Waals surface area contributed by atoms with Crippen molar-refractivity contribution in [3.05, 3.63) is 30.3 Å². The number of benzene rings is 1. The van der Waals surface area contributed by atoms with Crippen LogP contribution >= 0.6 is 11.8 Å². The number of carboxylic acids is 1. The molecule has 5 heteroatoms. The lowest BCUT2D eigenvalue weighted by molar-refractivity contribution is -0.137. The van der Waals surface area contributed by atoms with Crippen LogP contribution in [0.1, 0.15) is 6.92 Å². The number of carboxylic acid groups (broad SMARTS) is 1. The first-order valence-electron chi connectivity index (χ1n) is 5.63. The van der Waals surface area contributed by atoms with E-state index < -0.39 is 5.97 Å². The summed E-state index contributed by atoms with van der Waals surface area (Å²) in [6.45, 7) is 1.51. The van der Waals surface area contributed by atoms with Gasteiger partial charge in [-0.15, -0.1) is 0 Å². The molecule has 1 unspecified atom stereocenters. The Balaban J connectivity index is 2.91. The molecule has 0 aliphatic heterocycles. The van der Waals surface area contributed by atoms with Gasteiger partial charge in [-0.2, -0.15) is 11.8 Å². The number of thioether (sulfide) groups is 1. The van der Waals surface area contributed by atoms with Gasteiger partial charge in [-0.1, -0.05) is 25.1 Å². The molecule has 0 aliphatic rings. The third-order valence-corrected chi connectivity index (χ3v) is 3.30. The quantitative estimate of drug-likeness (QED) is 0.857. The molecule has 0 heterocycles. The second-order valence-electron chi connectivity index (χ2n) is 4.01. The molecule has 0 spiro atoms. The number of aliphatic carboxylic acids is 1. The van der Waals surface area contributed by atoms with E-state index >= 15 is 0 Å². The predicted molar refractivity (Wildman–Crippen MR) is 74.0 cm³/mol. The van der Waals surface area contributed by atoms with Gasteiger partial charge in [0.2, 0.25) is 5.91 Å². The smallest absolute Gasteiger partial charge is 0.323 e. The highest BCUT2D eigenvalue weighted by atomic mass is 32.2. The molecule has 1 aromatic rings. The van der Waals surface area contributed by atoms with E-state index in [1.54, 1.807) is 36.0 Å². The van der Waals surface area contributed by atoms with Gasteiger partial charge >= 0.3 is 5.97 Å². The standard InChI is InChI=1S/C13H17NO3S/c1-10(9-18-2)13(17)14(8-12(15)16)11-6-4-3-5-7-11/h3-7,10H,8-9H2,1-2H3,(H,15,16). The number of carbonyl (C=O) groups is 2. The van der Waals surface area contributed by atoms with E-state index in [0.29, 0.717) is 11.4 Å². The Kier molecular flexibility index (Phi) is 5.71. The van der Waals surface area contributed by atoms with Crippen LogP contribution in [0.25, 0.3) is 0 Å². The molecular formula is C13H17NO3S. The second kappa shape index (κ2) is 7.06. The zero-order valence-electron chi connectivity index (χ0n) is 10.5. The fraction of sp³-hybridized carbons (Fsp3) is 0.385. The number of hydrogen-bond acceptors (Lipinski definition) is 3. The Morgan fingerprint density at radius 1 is 1.33 bits per heavy atom. The first-order chi connectivity index (χ1) is 8.56. The lowest BCUT2D eigenvalue weighted by Crippen LogP contribution is -2.39. The summed E-state index contributed by atoms with van der Waals surface area (Å²) in [5.74, 6) is -0.678. The van der Waals surface area contributed by atoms with Gasteiger partial charge in [0.1, 0.15) is 6.54 Å². The molecule has 4 nitrogen and oxygen atoms in total. The maximum atomic E-state index is 12.2. The number of rotatable bonds is 6. The maximum absolute atomic E-state index is 12.2. The molecule has 0 fully saturated rings. The van der Waals surface area contributed by atoms with Crippen molar-refractivity contribution < 1.29 is 14.7 Å². The van der Waals surface area contributed by atoms with Gasteiger partial charge in [-0.05, 0) is 18.4 Å². The van der Waals surface area contributed by atoms with Gasteiger partial charge in [-0.3, -0.25) is 9.59 Å². The minimum atomic E-state index is -1.01. The van der Waals surface area contributed by atoms with E-state index in [1.165, 1.54) is 4.90 Å². The number of anilines is 1. The van der Waals surface area contributed by atoms with Crippen molar-refractivity contribution >= 4 is 29.3 Å². The Morgan fingerprint density at radius 3 is 2.44 bits per heavy atom. The molecule has 1 N–H and O–H groups in total. The average molecular weight is 267 g/mol. The average Bonchev–Trinajstić information content (AvgIpc) is 2.36. The Hall–Kier alpha value is -1.49. The van der Waals surface area contributed by atoms with Crippen molar-refractivity contribution in [1.29, 1.82) is 0 Å². The normalized spacial score (nSPS) is 11.9. The van der Waals surface area contributed by atoms with Crippen LogP contribution in [0.2, 0.25) is 0 Å². The number of para-hydroxylation sites is 1. The highest BCUT2D eigenvalue weighted by Crippen LogP contribution is 2.17. The predicted octanol–water partition coefficient (Wildman–Crippen LogP) is 2.10. The van der Waals surface area contributed by atoms with Crippen molar-refractivity contribution in [1.82, 2.24) is 0 Å². The summed E-state index contributed by atoms with van der Waals surface area (Å²) in [6, 6.07) is 8.89. The van der Waals surface area contributed by atoms with Crippen molar-refractivity contribution in [2.24, 2.45) is 5.92 Å². The summed E-state index contributed by atoms with van der Waals surface area (Å²) in [6.07, 6.45) is 1.92. The highest BCUT2D eigenvalue weighted by Gasteiger charge is 2.23. The summed E-state index contributed by atoms with van der Waals surface area (Å²) in [7, 11) is 0. The summed E-state index contributed by atoms with van der Waals surface area (Å²) in [5, 5.41) is 8.91. The summed E-state index contributed by atoms with van der Waals surface area (Å²) in [4.78, 5) is 24.4. The maximum Gasteiger partial charge on any atom is 0.323 e. The molecular weight excluding hydrogens is 250 g/mol. The Morgan fingerprint density at radius 2 is 1.94 bits per heavy atom. The van der Waals surface area contributed by atoms with Gasteiger partial charge < -0.3 is 10.0 Å². The van der Waals surface area contributed by atoms with Crippen molar-refractivity contribution in [2.45, 2.75) is 6.92 Å². The number of hydrogen-bond donors (Lipinski definition) is 1. The van der Waals surface area contributed by atoms with E-state index in [0.717, 1.165) is 0 Å². The zero-order valence-corrected chi connectivity index (χ0v) is 11.3. The van der Waals surface area contributed by atoms with Gasteiger partial charge in [0.25, 0.3) is 0 Å². The fourth-order valence-corrected chi connectivity index (χ4v) is 2.27. The third kappa shape index (κ3) is 4.07. The molecule has 0 aliphatic carbocycles. The van der Waals surface area contributed by atoms with E-state index in [1.807, 2.05) is 19.2 Å². The van der Waals surface area contributed by atoms with Crippen LogP contribution in [0.15, 0.2) is 30.3 Å². The van der Waals surface area contributed by atoms with Crippen molar-refractivity contribution in [2.75, 3.05) is 23.5 Å². The van der Waals surface area contributed by atoms with E-state index in [4.69, 9.17) is 5.11 Å². The number of nitrogens with zero attached hydrogens (tertiary/aromatic N) is 1. The van der Waals surface area contributed by atoms with Gasteiger partial charge in [0, 0.05) is 17.4 Å². The molecule has 98 valence electrons. The number of carbonyl (C=O) groups excluding carboxylic acids is 1. The SMILES string of the molecule is CSCC(C)C(=O)N(CC(=O)O)c1ccccc1. The molecule has 1 rings (SSSR count). The highest BCUT2D eigenvalue weighted by molar-refractivity contribution is 7.98. The van der Waals surface area contributed by atoms with Crippen LogP contribution in [-0.4, -0.2) is 35.5 Å². The molecule has 18 heavy (non-hydrogen) atoms. The fourth-order valence-electron chi connectivity index (χ4n) is 1.63. The molecule has 0 aromatic heterocycles. The van der Waals surface area contributed by atoms with Gasteiger partial charge in [0.15, 0.2) is 0 Å². The first kappa shape index (κ1) is 14.6. The molecule has 1 amide bonds. The topological polar surface area (TPSA) is 57.6 Å². The second-order valence-corrected chi connectivity index (χ2v) is 4.92. The Labute approximate surface area is 111 Å². The Bertz CT molecular complexity index is 408. The molecule has 0 saturated carbocycles. The van der Waals surface area contributed by atoms with Crippen LogP contribution in [0.4, 0.5) is 5.69 Å². The molecule has 0 saturated heterocycles. The summed E-state index contributed by atoms with van der Waals surface area (Å²) >= 11 is 1.57. The van der Waals surface area contributed by atoms with Crippen LogP contribution < -0.4 is 4.90 Å². The minimum Gasteiger partial charge on any atom is -0.480 e. The van der Waals surface area contributed by atoms with Gasteiger partial charge in [0.05, 0.1) is 0 Å². The monoisotopic (exact) mass is 267 g/mol. The lowest BCUT2D eigenvalue weighted by atomic mass is 10.1. The van der Waals surface area contributed by atoms with Crippen LogP contribution in [0, 0.1) is 5.92 Å². The summed E-state index contributed by atoms with van der Waals surface area (Å²) < 4.78 is 0. The largest absolute Gasteiger partial charge is 0.480 e. The van der Waals surface area contributed by atoms with E-state index in [9.17, 15) is 9.59 Å². The van der Waals surface area contributed by atoms with Crippen LogP contribution in [-0.2, 0) is 9.59 Å². The molecule has 1 aromatic carbocycles. The van der Waals surface area contributed by atoms with E-state index in [-0.39, 0.29) is 18.4 Å².